The van der Waals surface area contributed by atoms with Gasteiger partial charge in [-0.05, 0) is 48.4 Å². The van der Waals surface area contributed by atoms with E-state index in [1.165, 1.54) is 19.4 Å². The van der Waals surface area contributed by atoms with Crippen LogP contribution in [0.2, 0.25) is 5.02 Å². The van der Waals surface area contributed by atoms with Crippen molar-refractivity contribution in [2.24, 2.45) is 5.10 Å². The third kappa shape index (κ3) is 4.63. The Bertz CT molecular complexity index is 763. The van der Waals surface area contributed by atoms with Crippen molar-refractivity contribution >= 4 is 29.4 Å². The molecular formula is C17H18ClN3O3. The Morgan fingerprint density at radius 3 is 2.88 bits per heavy atom. The van der Waals surface area contributed by atoms with Crippen LogP contribution in [0.1, 0.15) is 11.1 Å². The average Bonchev–Trinajstić information content (AvgIpc) is 2.56. The molecule has 2 aromatic rings. The number of hydrogen-bond acceptors (Lipinski definition) is 5. The Morgan fingerprint density at radius 2 is 2.17 bits per heavy atom. The minimum Gasteiger partial charge on any atom is -0.504 e. The van der Waals surface area contributed by atoms with Gasteiger partial charge in [0.15, 0.2) is 11.5 Å². The SMILES string of the molecule is COc1ccc(C=NNC(=O)CNc2cccc(Cl)c2C)cc1O. The molecule has 1 amide bonds. The highest BCUT2D eigenvalue weighted by Gasteiger charge is 2.04. The summed E-state index contributed by atoms with van der Waals surface area (Å²) >= 11 is 6.02. The van der Waals surface area contributed by atoms with Gasteiger partial charge in [0.2, 0.25) is 0 Å². The van der Waals surface area contributed by atoms with Gasteiger partial charge in [0.05, 0.1) is 19.9 Å². The zero-order chi connectivity index (χ0) is 17.5. The number of rotatable bonds is 6. The molecule has 0 aliphatic carbocycles. The number of phenols is 1. The van der Waals surface area contributed by atoms with Crippen molar-refractivity contribution in [3.8, 4) is 11.5 Å². The van der Waals surface area contributed by atoms with Gasteiger partial charge in [-0.25, -0.2) is 5.43 Å². The number of nitrogens with one attached hydrogen (secondary N) is 2. The second-order valence-electron chi connectivity index (χ2n) is 4.99. The molecule has 0 saturated carbocycles. The molecule has 0 aliphatic heterocycles. The van der Waals surface area contributed by atoms with Crippen molar-refractivity contribution in [3.63, 3.8) is 0 Å². The van der Waals surface area contributed by atoms with Crippen molar-refractivity contribution < 1.29 is 14.6 Å². The number of halogens is 1. The first kappa shape index (κ1) is 17.6. The number of amides is 1. The fourth-order valence-corrected chi connectivity index (χ4v) is 2.15. The number of aromatic hydroxyl groups is 1. The van der Waals surface area contributed by atoms with Crippen LogP contribution in [0.15, 0.2) is 41.5 Å². The van der Waals surface area contributed by atoms with E-state index < -0.39 is 0 Å². The monoisotopic (exact) mass is 347 g/mol. The molecule has 2 rings (SSSR count). The molecule has 0 fully saturated rings. The number of benzene rings is 2. The van der Waals surface area contributed by atoms with E-state index in [-0.39, 0.29) is 18.2 Å². The van der Waals surface area contributed by atoms with Gasteiger partial charge in [-0.3, -0.25) is 4.79 Å². The number of phenolic OH excluding ortho intramolecular Hbond substituents is 1. The Morgan fingerprint density at radius 1 is 1.38 bits per heavy atom. The lowest BCUT2D eigenvalue weighted by Gasteiger charge is -2.09. The topological polar surface area (TPSA) is 83.0 Å². The fraction of sp³-hybridized carbons (Fsp3) is 0.176. The predicted molar refractivity (Wildman–Crippen MR) is 95.1 cm³/mol. The van der Waals surface area contributed by atoms with Gasteiger partial charge in [-0.2, -0.15) is 5.10 Å². The summed E-state index contributed by atoms with van der Waals surface area (Å²) in [5, 5.41) is 17.1. The molecule has 0 spiro atoms. The maximum Gasteiger partial charge on any atom is 0.259 e. The molecule has 6 nitrogen and oxygen atoms in total. The molecule has 2 aromatic carbocycles. The number of anilines is 1. The molecule has 7 heteroatoms. The highest BCUT2D eigenvalue weighted by atomic mass is 35.5. The number of hydrogen-bond donors (Lipinski definition) is 3. The van der Waals surface area contributed by atoms with Gasteiger partial charge in [-0.1, -0.05) is 17.7 Å². The van der Waals surface area contributed by atoms with E-state index in [9.17, 15) is 9.90 Å². The summed E-state index contributed by atoms with van der Waals surface area (Å²) in [6.45, 7) is 1.93. The Hall–Kier alpha value is -2.73. The summed E-state index contributed by atoms with van der Waals surface area (Å²) in [6.07, 6.45) is 1.43. The number of methoxy groups -OCH3 is 1. The molecule has 0 radical (unpaired) electrons. The van der Waals surface area contributed by atoms with Crippen LogP contribution in [0.25, 0.3) is 0 Å². The molecule has 0 saturated heterocycles. The van der Waals surface area contributed by atoms with E-state index >= 15 is 0 Å². The third-order valence-corrected chi connectivity index (χ3v) is 3.72. The summed E-state index contributed by atoms with van der Waals surface area (Å²) in [7, 11) is 1.47. The second kappa shape index (κ2) is 8.21. The van der Waals surface area contributed by atoms with Crippen LogP contribution in [0.5, 0.6) is 11.5 Å². The van der Waals surface area contributed by atoms with Gasteiger partial charge in [-0.15, -0.1) is 0 Å². The average molecular weight is 348 g/mol. The van der Waals surface area contributed by atoms with Crippen molar-refractivity contribution in [2.45, 2.75) is 6.92 Å². The van der Waals surface area contributed by atoms with Crippen LogP contribution < -0.4 is 15.5 Å². The maximum atomic E-state index is 11.8. The Kier molecular flexibility index (Phi) is 6.03. The van der Waals surface area contributed by atoms with Crippen LogP contribution in [-0.4, -0.2) is 30.9 Å². The normalized spacial score (nSPS) is 10.6. The summed E-state index contributed by atoms with van der Waals surface area (Å²) in [6, 6.07) is 10.3. The van der Waals surface area contributed by atoms with Gasteiger partial charge in [0.1, 0.15) is 0 Å². The van der Waals surface area contributed by atoms with Gasteiger partial charge in [0.25, 0.3) is 5.91 Å². The highest BCUT2D eigenvalue weighted by molar-refractivity contribution is 6.31. The zero-order valence-electron chi connectivity index (χ0n) is 13.3. The third-order valence-electron chi connectivity index (χ3n) is 3.31. The Labute approximate surface area is 145 Å². The van der Waals surface area contributed by atoms with E-state index in [1.807, 2.05) is 19.1 Å². The van der Waals surface area contributed by atoms with E-state index in [0.717, 1.165) is 11.3 Å². The number of ether oxygens (including phenoxy) is 1. The van der Waals surface area contributed by atoms with Crippen LogP contribution in [0.4, 0.5) is 5.69 Å². The number of nitrogens with zero attached hydrogens (tertiary/aromatic N) is 1. The first-order chi connectivity index (χ1) is 11.5. The van der Waals surface area contributed by atoms with Crippen LogP contribution >= 0.6 is 11.6 Å². The molecule has 0 atom stereocenters. The molecule has 0 bridgehead atoms. The minimum atomic E-state index is -0.302. The van der Waals surface area contributed by atoms with Crippen molar-refractivity contribution in [1.29, 1.82) is 0 Å². The lowest BCUT2D eigenvalue weighted by molar-refractivity contribution is -0.119. The van der Waals surface area contributed by atoms with Crippen LogP contribution in [-0.2, 0) is 4.79 Å². The van der Waals surface area contributed by atoms with E-state index in [1.54, 1.807) is 18.2 Å². The second-order valence-corrected chi connectivity index (χ2v) is 5.40. The van der Waals surface area contributed by atoms with E-state index in [2.05, 4.69) is 15.8 Å². The van der Waals surface area contributed by atoms with Crippen molar-refractivity contribution in [3.05, 3.63) is 52.5 Å². The molecule has 24 heavy (non-hydrogen) atoms. The predicted octanol–water partition coefficient (Wildman–Crippen LogP) is 2.92. The Balaban J connectivity index is 1.86. The summed E-state index contributed by atoms with van der Waals surface area (Å²) < 4.78 is 4.95. The number of carbonyl (C=O) groups excluding carboxylic acids is 1. The highest BCUT2D eigenvalue weighted by Crippen LogP contribution is 2.25. The summed E-state index contributed by atoms with van der Waals surface area (Å²) in [4.78, 5) is 11.8. The number of carbonyl (C=O) groups is 1. The fourth-order valence-electron chi connectivity index (χ4n) is 1.98. The first-order valence-electron chi connectivity index (χ1n) is 7.19. The molecule has 0 aliphatic rings. The van der Waals surface area contributed by atoms with Crippen LogP contribution in [0.3, 0.4) is 0 Å². The largest absolute Gasteiger partial charge is 0.504 e. The molecule has 0 unspecified atom stereocenters. The molecule has 0 aromatic heterocycles. The van der Waals surface area contributed by atoms with Crippen molar-refractivity contribution in [1.82, 2.24) is 5.43 Å². The van der Waals surface area contributed by atoms with E-state index in [0.29, 0.717) is 16.3 Å². The summed E-state index contributed by atoms with van der Waals surface area (Å²) in [5.74, 6) is 0.0755. The lowest BCUT2D eigenvalue weighted by Crippen LogP contribution is -2.26. The van der Waals surface area contributed by atoms with Gasteiger partial charge in [0, 0.05) is 10.7 Å². The quantitative estimate of drug-likeness (QED) is 0.554. The zero-order valence-corrected chi connectivity index (χ0v) is 14.1. The van der Waals surface area contributed by atoms with Crippen molar-refractivity contribution in [2.75, 3.05) is 19.0 Å². The van der Waals surface area contributed by atoms with Crippen LogP contribution in [0, 0.1) is 6.92 Å². The van der Waals surface area contributed by atoms with Gasteiger partial charge < -0.3 is 15.2 Å². The number of hydrazone groups is 1. The first-order valence-corrected chi connectivity index (χ1v) is 7.57. The molecular weight excluding hydrogens is 330 g/mol. The molecule has 126 valence electrons. The smallest absolute Gasteiger partial charge is 0.259 e. The maximum absolute atomic E-state index is 11.8. The summed E-state index contributed by atoms with van der Waals surface area (Å²) in [5.41, 5.74) is 4.71. The molecule has 3 N–H and O–H groups in total. The van der Waals surface area contributed by atoms with Gasteiger partial charge >= 0.3 is 0 Å². The minimum absolute atomic E-state index is 0.00544. The lowest BCUT2D eigenvalue weighted by atomic mass is 10.2. The molecule has 0 heterocycles. The standard InChI is InChI=1S/C17H18ClN3O3/c1-11-13(18)4-3-5-14(11)19-10-17(23)21-20-9-12-6-7-16(24-2)15(22)8-12/h3-9,19,22H,10H2,1-2H3,(H,21,23). The van der Waals surface area contributed by atoms with E-state index in [4.69, 9.17) is 16.3 Å².